The van der Waals surface area contributed by atoms with Crippen LogP contribution in [-0.4, -0.2) is 29.9 Å². The van der Waals surface area contributed by atoms with Gasteiger partial charge in [0.05, 0.1) is 12.8 Å². The van der Waals surface area contributed by atoms with Gasteiger partial charge in [-0.25, -0.2) is 0 Å². The predicted octanol–water partition coefficient (Wildman–Crippen LogP) is 2.32. The summed E-state index contributed by atoms with van der Waals surface area (Å²) in [6.45, 7) is 6.88. The third kappa shape index (κ3) is 2.90. The van der Waals surface area contributed by atoms with Crippen molar-refractivity contribution < 1.29 is 9.21 Å². The van der Waals surface area contributed by atoms with Gasteiger partial charge in [0.1, 0.15) is 5.76 Å². The summed E-state index contributed by atoms with van der Waals surface area (Å²) in [5, 5.41) is 3.59. The standard InChI is InChI=1S/C16H24N2O2/c1-11-6-8-20-15(11)9-17-14-5-7-18(10-12(14)2)16(19)13-3-4-13/h6,8,12-14,17H,3-5,7,9-10H2,1-2H3/t12-,14+/m1/s1. The first-order chi connectivity index (χ1) is 9.65. The zero-order valence-electron chi connectivity index (χ0n) is 12.4. The van der Waals surface area contributed by atoms with Crippen LogP contribution in [0.1, 0.15) is 37.5 Å². The summed E-state index contributed by atoms with van der Waals surface area (Å²) < 4.78 is 5.46. The molecule has 2 heterocycles. The number of carbonyl (C=O) groups excluding carboxylic acids is 1. The van der Waals surface area contributed by atoms with E-state index < -0.39 is 0 Å². The van der Waals surface area contributed by atoms with Gasteiger partial charge in [-0.05, 0) is 43.7 Å². The maximum absolute atomic E-state index is 12.1. The Labute approximate surface area is 120 Å². The minimum Gasteiger partial charge on any atom is -0.468 e. The predicted molar refractivity (Wildman–Crippen MR) is 77.2 cm³/mol. The van der Waals surface area contributed by atoms with Gasteiger partial charge in [-0.15, -0.1) is 0 Å². The molecular formula is C16H24N2O2. The first-order valence-corrected chi connectivity index (χ1v) is 7.70. The number of nitrogens with one attached hydrogen (secondary N) is 1. The van der Waals surface area contributed by atoms with Gasteiger partial charge in [0, 0.05) is 25.0 Å². The van der Waals surface area contributed by atoms with E-state index in [2.05, 4.69) is 24.1 Å². The minimum absolute atomic E-state index is 0.345. The molecule has 4 heteroatoms. The lowest BCUT2D eigenvalue weighted by molar-refractivity contribution is -0.134. The molecule has 2 aliphatic rings. The molecule has 0 spiro atoms. The minimum atomic E-state index is 0.345. The summed E-state index contributed by atoms with van der Waals surface area (Å²) in [6, 6.07) is 2.47. The van der Waals surface area contributed by atoms with Crippen LogP contribution in [0.2, 0.25) is 0 Å². The summed E-state index contributed by atoms with van der Waals surface area (Å²) in [7, 11) is 0. The quantitative estimate of drug-likeness (QED) is 0.918. The van der Waals surface area contributed by atoms with Crippen LogP contribution in [0.5, 0.6) is 0 Å². The zero-order valence-corrected chi connectivity index (χ0v) is 12.4. The molecule has 1 saturated heterocycles. The van der Waals surface area contributed by atoms with Crippen LogP contribution in [0.4, 0.5) is 0 Å². The Morgan fingerprint density at radius 1 is 1.45 bits per heavy atom. The monoisotopic (exact) mass is 276 g/mol. The van der Waals surface area contributed by atoms with E-state index in [0.29, 0.717) is 23.8 Å². The van der Waals surface area contributed by atoms with Crippen LogP contribution in [-0.2, 0) is 11.3 Å². The Kier molecular flexibility index (Phi) is 3.83. The third-order valence-electron chi connectivity index (χ3n) is 4.64. The topological polar surface area (TPSA) is 45.5 Å². The smallest absolute Gasteiger partial charge is 0.225 e. The molecule has 1 N–H and O–H groups in total. The molecule has 0 unspecified atom stereocenters. The van der Waals surface area contributed by atoms with Crippen molar-refractivity contribution in [3.8, 4) is 0 Å². The molecule has 2 fully saturated rings. The molecule has 1 aromatic rings. The molecule has 1 aliphatic heterocycles. The molecule has 1 aliphatic carbocycles. The maximum atomic E-state index is 12.1. The molecule has 1 amide bonds. The second-order valence-corrected chi connectivity index (χ2v) is 6.34. The fraction of sp³-hybridized carbons (Fsp3) is 0.688. The van der Waals surface area contributed by atoms with Crippen molar-refractivity contribution in [2.24, 2.45) is 11.8 Å². The zero-order chi connectivity index (χ0) is 14.1. The summed E-state index contributed by atoms with van der Waals surface area (Å²) in [4.78, 5) is 14.2. The third-order valence-corrected chi connectivity index (χ3v) is 4.64. The van der Waals surface area contributed by atoms with Crippen LogP contribution in [0.3, 0.4) is 0 Å². The van der Waals surface area contributed by atoms with Gasteiger partial charge in [-0.2, -0.15) is 0 Å². The van der Waals surface area contributed by atoms with Gasteiger partial charge in [0.15, 0.2) is 0 Å². The second-order valence-electron chi connectivity index (χ2n) is 6.34. The molecule has 1 aromatic heterocycles. The number of amides is 1. The van der Waals surface area contributed by atoms with Crippen molar-refractivity contribution in [1.29, 1.82) is 0 Å². The highest BCUT2D eigenvalue weighted by atomic mass is 16.3. The summed E-state index contributed by atoms with van der Waals surface area (Å²) in [6.07, 6.45) is 4.98. The van der Waals surface area contributed by atoms with E-state index >= 15 is 0 Å². The Balaban J connectivity index is 1.50. The number of likely N-dealkylation sites (tertiary alicyclic amines) is 1. The van der Waals surface area contributed by atoms with Gasteiger partial charge in [0.2, 0.25) is 5.91 Å². The van der Waals surface area contributed by atoms with Crippen molar-refractivity contribution in [2.45, 2.75) is 45.7 Å². The number of hydrogen-bond acceptors (Lipinski definition) is 3. The van der Waals surface area contributed by atoms with E-state index in [0.717, 1.165) is 44.7 Å². The van der Waals surface area contributed by atoms with Crippen molar-refractivity contribution in [1.82, 2.24) is 10.2 Å². The van der Waals surface area contributed by atoms with E-state index in [4.69, 9.17) is 4.42 Å². The van der Waals surface area contributed by atoms with Crippen molar-refractivity contribution in [3.05, 3.63) is 23.7 Å². The molecule has 110 valence electrons. The number of rotatable bonds is 4. The maximum Gasteiger partial charge on any atom is 0.225 e. The normalized spacial score (nSPS) is 26.8. The molecule has 2 atom stereocenters. The van der Waals surface area contributed by atoms with Crippen LogP contribution >= 0.6 is 0 Å². The molecule has 20 heavy (non-hydrogen) atoms. The molecule has 3 rings (SSSR count). The Hall–Kier alpha value is -1.29. The lowest BCUT2D eigenvalue weighted by Crippen LogP contribution is -2.50. The second kappa shape index (κ2) is 5.60. The first-order valence-electron chi connectivity index (χ1n) is 7.70. The van der Waals surface area contributed by atoms with Crippen LogP contribution in [0.15, 0.2) is 16.7 Å². The number of aryl methyl sites for hydroxylation is 1. The Bertz CT molecular complexity index is 479. The van der Waals surface area contributed by atoms with Crippen LogP contribution in [0, 0.1) is 18.8 Å². The highest BCUT2D eigenvalue weighted by molar-refractivity contribution is 5.81. The lowest BCUT2D eigenvalue weighted by Gasteiger charge is -2.37. The summed E-state index contributed by atoms with van der Waals surface area (Å²) >= 11 is 0. The average Bonchev–Trinajstić information content (AvgIpc) is 3.20. The number of hydrogen-bond donors (Lipinski definition) is 1. The highest BCUT2D eigenvalue weighted by Crippen LogP contribution is 2.32. The molecule has 4 nitrogen and oxygen atoms in total. The van der Waals surface area contributed by atoms with E-state index in [1.54, 1.807) is 6.26 Å². The van der Waals surface area contributed by atoms with Crippen LogP contribution < -0.4 is 5.32 Å². The summed E-state index contributed by atoms with van der Waals surface area (Å²) in [5.74, 6) is 2.25. The number of carbonyl (C=O) groups is 1. The fourth-order valence-electron chi connectivity index (χ4n) is 3.05. The highest BCUT2D eigenvalue weighted by Gasteiger charge is 2.36. The molecule has 0 radical (unpaired) electrons. The first kappa shape index (κ1) is 13.7. The van der Waals surface area contributed by atoms with Gasteiger partial charge in [0.25, 0.3) is 0 Å². The van der Waals surface area contributed by atoms with Crippen molar-refractivity contribution in [3.63, 3.8) is 0 Å². The Morgan fingerprint density at radius 3 is 2.85 bits per heavy atom. The molecular weight excluding hydrogens is 252 g/mol. The van der Waals surface area contributed by atoms with Gasteiger partial charge < -0.3 is 14.6 Å². The molecule has 0 aromatic carbocycles. The SMILES string of the molecule is Cc1ccoc1CN[C@H]1CCN(C(=O)C2CC2)C[C@H]1C. The number of furan rings is 1. The number of nitrogens with zero attached hydrogens (tertiary/aromatic N) is 1. The fourth-order valence-corrected chi connectivity index (χ4v) is 3.05. The summed E-state index contributed by atoms with van der Waals surface area (Å²) in [5.41, 5.74) is 1.20. The Morgan fingerprint density at radius 2 is 2.25 bits per heavy atom. The van der Waals surface area contributed by atoms with Gasteiger partial charge in [-0.1, -0.05) is 6.92 Å². The van der Waals surface area contributed by atoms with Gasteiger partial charge >= 0.3 is 0 Å². The van der Waals surface area contributed by atoms with E-state index in [-0.39, 0.29) is 0 Å². The van der Waals surface area contributed by atoms with Gasteiger partial charge in [-0.3, -0.25) is 4.79 Å². The van der Waals surface area contributed by atoms with Crippen molar-refractivity contribution >= 4 is 5.91 Å². The van der Waals surface area contributed by atoms with Crippen molar-refractivity contribution in [2.75, 3.05) is 13.1 Å². The lowest BCUT2D eigenvalue weighted by atomic mass is 9.93. The van der Waals surface area contributed by atoms with E-state index in [1.165, 1.54) is 5.56 Å². The molecule has 1 saturated carbocycles. The van der Waals surface area contributed by atoms with Crippen LogP contribution in [0.25, 0.3) is 0 Å². The van der Waals surface area contributed by atoms with E-state index in [1.807, 2.05) is 6.07 Å². The van der Waals surface area contributed by atoms with E-state index in [9.17, 15) is 4.79 Å². The molecule has 0 bridgehead atoms. The largest absolute Gasteiger partial charge is 0.468 e. The number of piperidine rings is 1. The average molecular weight is 276 g/mol.